The molecule has 0 N–H and O–H groups in total. The fourth-order valence-electron chi connectivity index (χ4n) is 12.3. The minimum Gasteiger partial charge on any atom is -0.309 e. The van der Waals surface area contributed by atoms with E-state index in [1.807, 2.05) is 12.1 Å². The highest BCUT2D eigenvalue weighted by Gasteiger charge is 2.23. The SMILES string of the molecule is C=Cc1cccc(-c2nc(-c3cc(-n4c5ccccc5c5ccccc54)cc(-n4c5ccccc5c5ccccc54)c3)nc(-c3cc(-n4c5ccccc5c5ccccc54)cc(-n4c5ccccc5c5ccccc54)c3)n2)c1. The van der Waals surface area contributed by atoms with Crippen LogP contribution in [0.4, 0.5) is 0 Å². The molecule has 0 atom stereocenters. The van der Waals surface area contributed by atoms with Crippen molar-refractivity contribution in [3.8, 4) is 56.9 Å². The summed E-state index contributed by atoms with van der Waals surface area (Å²) >= 11 is 0. The van der Waals surface area contributed by atoms with Gasteiger partial charge in [0.15, 0.2) is 17.5 Å². The average Bonchev–Trinajstić information content (AvgIpc) is 4.42. The van der Waals surface area contributed by atoms with Gasteiger partial charge < -0.3 is 18.3 Å². The quantitative estimate of drug-likeness (QED) is 0.152. The van der Waals surface area contributed by atoms with Crippen molar-refractivity contribution in [2.45, 2.75) is 0 Å². The molecule has 0 radical (unpaired) electrons. The molecule has 0 aliphatic heterocycles. The van der Waals surface area contributed by atoms with Crippen LogP contribution >= 0.6 is 0 Å². The van der Waals surface area contributed by atoms with E-state index in [0.717, 1.165) is 89.1 Å². The van der Waals surface area contributed by atoms with Gasteiger partial charge in [-0.25, -0.2) is 15.0 Å². The van der Waals surface area contributed by atoms with Gasteiger partial charge in [-0.1, -0.05) is 176 Å². The zero-order valence-electron chi connectivity index (χ0n) is 42.2. The van der Waals surface area contributed by atoms with Crippen molar-refractivity contribution in [3.05, 3.63) is 267 Å². The average molecular weight is 996 g/mol. The van der Waals surface area contributed by atoms with Crippen LogP contribution in [0.3, 0.4) is 0 Å². The van der Waals surface area contributed by atoms with Crippen molar-refractivity contribution in [3.63, 3.8) is 0 Å². The maximum atomic E-state index is 5.65. The summed E-state index contributed by atoms with van der Waals surface area (Å²) in [5.74, 6) is 1.65. The maximum Gasteiger partial charge on any atom is 0.164 e. The van der Waals surface area contributed by atoms with Crippen LogP contribution in [-0.4, -0.2) is 33.2 Å². The van der Waals surface area contributed by atoms with Gasteiger partial charge in [-0.3, -0.25) is 0 Å². The summed E-state index contributed by atoms with van der Waals surface area (Å²) in [5, 5.41) is 9.49. The molecule has 7 heteroatoms. The number of para-hydroxylation sites is 8. The first kappa shape index (κ1) is 43.7. The third-order valence-corrected chi connectivity index (χ3v) is 15.7. The first-order valence-corrected chi connectivity index (χ1v) is 26.4. The van der Waals surface area contributed by atoms with E-state index >= 15 is 0 Å². The Hall–Kier alpha value is -10.6. The summed E-state index contributed by atoms with van der Waals surface area (Å²) in [6, 6.07) is 91.3. The van der Waals surface area contributed by atoms with Crippen LogP contribution in [0.1, 0.15) is 5.56 Å². The van der Waals surface area contributed by atoms with Gasteiger partial charge in [-0.05, 0) is 96.6 Å². The van der Waals surface area contributed by atoms with Gasteiger partial charge in [0.1, 0.15) is 0 Å². The zero-order valence-corrected chi connectivity index (χ0v) is 42.2. The van der Waals surface area contributed by atoms with Crippen molar-refractivity contribution in [1.29, 1.82) is 0 Å². The number of benzene rings is 11. The molecule has 7 nitrogen and oxygen atoms in total. The predicted molar refractivity (Wildman–Crippen MR) is 324 cm³/mol. The monoisotopic (exact) mass is 995 g/mol. The summed E-state index contributed by atoms with van der Waals surface area (Å²) in [5.41, 5.74) is 16.4. The Morgan fingerprint density at radius 3 is 0.744 bits per heavy atom. The molecule has 0 aliphatic rings. The van der Waals surface area contributed by atoms with Crippen LogP contribution in [0, 0.1) is 0 Å². The molecular weight excluding hydrogens is 951 g/mol. The summed E-state index contributed by atoms with van der Waals surface area (Å²) in [4.78, 5) is 16.6. The highest BCUT2D eigenvalue weighted by molar-refractivity contribution is 6.13. The Kier molecular flexibility index (Phi) is 9.65. The second-order valence-corrected chi connectivity index (χ2v) is 20.1. The van der Waals surface area contributed by atoms with E-state index in [9.17, 15) is 0 Å². The molecule has 5 aromatic heterocycles. The Balaban J connectivity index is 1.01. The van der Waals surface area contributed by atoms with Gasteiger partial charge in [0, 0.05) is 82.5 Å². The molecule has 11 aromatic carbocycles. The smallest absolute Gasteiger partial charge is 0.164 e. The van der Waals surface area contributed by atoms with E-state index in [1.54, 1.807) is 0 Å². The molecule has 16 aromatic rings. The Morgan fingerprint density at radius 1 is 0.244 bits per heavy atom. The third kappa shape index (κ3) is 6.68. The predicted octanol–water partition coefficient (Wildman–Crippen LogP) is 17.9. The standard InChI is InChI=1S/C71H45N7/c1-2-45-20-19-21-46(38-45)69-72-70(47-39-49(75-61-30-11-3-22-53(61)54-23-4-12-31-62(54)75)43-50(40-47)76-63-32-13-5-24-55(63)56-25-6-14-33-64(56)76)74-71(73-69)48-41-51(77-65-34-15-7-26-57(65)58-27-8-16-35-66(58)77)44-52(42-48)78-67-36-17-9-28-59(67)60-29-10-18-37-68(60)78/h2-44H,1H2. The van der Waals surface area contributed by atoms with Gasteiger partial charge in [0.05, 0.1) is 44.1 Å². The fourth-order valence-corrected chi connectivity index (χ4v) is 12.3. The summed E-state index contributed by atoms with van der Waals surface area (Å²) in [7, 11) is 0. The minimum absolute atomic E-state index is 0.546. The lowest BCUT2D eigenvalue weighted by atomic mass is 10.1. The van der Waals surface area contributed by atoms with Crippen molar-refractivity contribution in [2.24, 2.45) is 0 Å². The second kappa shape index (κ2) is 17.2. The van der Waals surface area contributed by atoms with Crippen LogP contribution < -0.4 is 0 Å². The number of hydrogen-bond acceptors (Lipinski definition) is 3. The van der Waals surface area contributed by atoms with E-state index in [1.165, 1.54) is 43.1 Å². The largest absolute Gasteiger partial charge is 0.309 e. The van der Waals surface area contributed by atoms with E-state index in [4.69, 9.17) is 15.0 Å². The molecule has 0 spiro atoms. The first-order chi connectivity index (χ1) is 38.6. The second-order valence-electron chi connectivity index (χ2n) is 20.1. The Labute approximate surface area is 448 Å². The van der Waals surface area contributed by atoms with Crippen LogP contribution in [0.15, 0.2) is 261 Å². The molecule has 0 amide bonds. The van der Waals surface area contributed by atoms with Gasteiger partial charge >= 0.3 is 0 Å². The number of nitrogens with zero attached hydrogens (tertiary/aromatic N) is 7. The number of rotatable bonds is 8. The maximum absolute atomic E-state index is 5.65. The number of fused-ring (bicyclic) bond motifs is 12. The highest BCUT2D eigenvalue weighted by atomic mass is 15.1. The molecule has 5 heterocycles. The summed E-state index contributed by atoms with van der Waals surface area (Å²) in [6.45, 7) is 4.14. The lowest BCUT2D eigenvalue weighted by Gasteiger charge is -2.17. The van der Waals surface area contributed by atoms with E-state index < -0.39 is 0 Å². The molecule has 0 aliphatic carbocycles. The molecule has 0 saturated heterocycles. The minimum atomic E-state index is 0.546. The van der Waals surface area contributed by atoms with Crippen molar-refractivity contribution in [1.82, 2.24) is 33.2 Å². The molecule has 0 unspecified atom stereocenters. The van der Waals surface area contributed by atoms with Gasteiger partial charge in [-0.15, -0.1) is 0 Å². The van der Waals surface area contributed by atoms with Crippen LogP contribution in [0.25, 0.3) is 150 Å². The fraction of sp³-hybridized carbons (Fsp3) is 0. The molecule has 0 saturated carbocycles. The van der Waals surface area contributed by atoms with Crippen LogP contribution in [0.2, 0.25) is 0 Å². The number of aromatic nitrogens is 7. The first-order valence-electron chi connectivity index (χ1n) is 26.4. The normalized spacial score (nSPS) is 11.9. The molecule has 364 valence electrons. The molecule has 78 heavy (non-hydrogen) atoms. The topological polar surface area (TPSA) is 58.4 Å². The Bertz CT molecular complexity index is 4370. The van der Waals surface area contributed by atoms with E-state index in [0.29, 0.717) is 17.5 Å². The number of hydrogen-bond donors (Lipinski definition) is 0. The van der Waals surface area contributed by atoms with Gasteiger partial charge in [-0.2, -0.15) is 0 Å². The van der Waals surface area contributed by atoms with Gasteiger partial charge in [0.2, 0.25) is 0 Å². The van der Waals surface area contributed by atoms with Crippen LogP contribution in [0.5, 0.6) is 0 Å². The molecule has 0 bridgehead atoms. The van der Waals surface area contributed by atoms with E-state index in [-0.39, 0.29) is 0 Å². The van der Waals surface area contributed by atoms with Gasteiger partial charge in [0.25, 0.3) is 0 Å². The lowest BCUT2D eigenvalue weighted by molar-refractivity contribution is 1.06. The van der Waals surface area contributed by atoms with Crippen molar-refractivity contribution in [2.75, 3.05) is 0 Å². The van der Waals surface area contributed by atoms with Crippen LogP contribution in [-0.2, 0) is 0 Å². The third-order valence-electron chi connectivity index (χ3n) is 15.7. The summed E-state index contributed by atoms with van der Waals surface area (Å²) in [6.07, 6.45) is 1.87. The molecule has 0 fully saturated rings. The zero-order chi connectivity index (χ0) is 51.4. The van der Waals surface area contributed by atoms with Crippen molar-refractivity contribution >= 4 is 93.3 Å². The van der Waals surface area contributed by atoms with E-state index in [2.05, 4.69) is 274 Å². The highest BCUT2D eigenvalue weighted by Crippen LogP contribution is 2.41. The molecule has 16 rings (SSSR count). The van der Waals surface area contributed by atoms with Crippen molar-refractivity contribution < 1.29 is 0 Å². The Morgan fingerprint density at radius 2 is 0.487 bits per heavy atom. The summed E-state index contributed by atoms with van der Waals surface area (Å²) < 4.78 is 9.54. The molecular formula is C71H45N7. The lowest BCUT2D eigenvalue weighted by Crippen LogP contribution is -2.05.